The van der Waals surface area contributed by atoms with Gasteiger partial charge in [0.1, 0.15) is 28.7 Å². The second kappa shape index (κ2) is 11.8. The highest BCUT2D eigenvalue weighted by molar-refractivity contribution is 6.32. The van der Waals surface area contributed by atoms with Gasteiger partial charge in [0.2, 0.25) is 5.91 Å². The molecule has 0 saturated carbocycles. The first-order valence-corrected chi connectivity index (χ1v) is 12.8. The van der Waals surface area contributed by atoms with Gasteiger partial charge >= 0.3 is 6.09 Å². The van der Waals surface area contributed by atoms with Gasteiger partial charge in [0.05, 0.1) is 5.41 Å². The van der Waals surface area contributed by atoms with E-state index < -0.39 is 34.9 Å². The standard InChI is InChI=1S/C26H32Cl2N4O6/c1-25(2,3)19(29-24(35)36)13-18(22(33)31-37)32-10-9-26(4,23(32)34)16-5-7-17(8-6-16)38-14-15-11-20(27)30-21(28)12-15/h5-8,11-12,18-19,29,37H,9-10,13-14H2,1-4H3,(H,31,33)(H,35,36)/t18?,19-,26?/m1/s1. The third-order valence-corrected chi connectivity index (χ3v) is 7.28. The fourth-order valence-electron chi connectivity index (χ4n) is 4.57. The molecule has 1 aliphatic rings. The summed E-state index contributed by atoms with van der Waals surface area (Å²) in [6, 6.07) is 8.71. The summed E-state index contributed by atoms with van der Waals surface area (Å²) < 4.78 is 5.82. The van der Waals surface area contributed by atoms with Crippen LogP contribution in [0.3, 0.4) is 0 Å². The van der Waals surface area contributed by atoms with Crippen molar-refractivity contribution >= 4 is 41.1 Å². The number of hydrogen-bond acceptors (Lipinski definition) is 6. The molecule has 0 spiro atoms. The number of nitrogens with one attached hydrogen (secondary N) is 2. The summed E-state index contributed by atoms with van der Waals surface area (Å²) in [5.74, 6) is -0.484. The quantitative estimate of drug-likeness (QED) is 0.200. The number of carboxylic acid groups (broad SMARTS) is 1. The monoisotopic (exact) mass is 566 g/mol. The molecule has 1 aromatic heterocycles. The van der Waals surface area contributed by atoms with E-state index in [0.717, 1.165) is 11.1 Å². The van der Waals surface area contributed by atoms with E-state index in [0.29, 0.717) is 12.2 Å². The van der Waals surface area contributed by atoms with Crippen molar-refractivity contribution in [2.45, 2.75) is 64.6 Å². The highest BCUT2D eigenvalue weighted by Crippen LogP contribution is 2.38. The fourth-order valence-corrected chi connectivity index (χ4v) is 5.08. The summed E-state index contributed by atoms with van der Waals surface area (Å²) >= 11 is 11.9. The van der Waals surface area contributed by atoms with E-state index in [4.69, 9.17) is 27.9 Å². The van der Waals surface area contributed by atoms with Crippen molar-refractivity contribution in [1.29, 1.82) is 0 Å². The van der Waals surface area contributed by atoms with Crippen LogP contribution >= 0.6 is 23.2 Å². The Labute approximate surface area is 231 Å². The molecule has 4 N–H and O–H groups in total. The van der Waals surface area contributed by atoms with E-state index in [2.05, 4.69) is 10.3 Å². The zero-order valence-electron chi connectivity index (χ0n) is 21.6. The van der Waals surface area contributed by atoms with Gasteiger partial charge in [0.25, 0.3) is 5.91 Å². The molecule has 1 aromatic carbocycles. The van der Waals surface area contributed by atoms with Crippen LogP contribution in [0, 0.1) is 5.41 Å². The molecular weight excluding hydrogens is 535 g/mol. The third kappa shape index (κ3) is 6.86. The Kier molecular flexibility index (Phi) is 9.12. The maximum absolute atomic E-state index is 13.7. The zero-order chi connectivity index (χ0) is 28.3. The van der Waals surface area contributed by atoms with E-state index >= 15 is 0 Å². The number of nitrogens with zero attached hydrogens (tertiary/aromatic N) is 2. The minimum absolute atomic E-state index is 0.000168. The number of amides is 3. The van der Waals surface area contributed by atoms with Crippen LogP contribution < -0.4 is 15.5 Å². The number of benzene rings is 1. The second-order valence-electron chi connectivity index (χ2n) is 10.6. The number of rotatable bonds is 9. The average molecular weight is 567 g/mol. The zero-order valence-corrected chi connectivity index (χ0v) is 23.1. The van der Waals surface area contributed by atoms with Crippen LogP contribution in [0.5, 0.6) is 5.75 Å². The maximum Gasteiger partial charge on any atom is 0.404 e. The largest absolute Gasteiger partial charge is 0.489 e. The Morgan fingerprint density at radius 3 is 2.32 bits per heavy atom. The van der Waals surface area contributed by atoms with Gasteiger partial charge in [0, 0.05) is 12.6 Å². The fraction of sp³-hybridized carbons (Fsp3) is 0.462. The molecule has 2 aromatic rings. The predicted octanol–water partition coefficient (Wildman–Crippen LogP) is 4.40. The minimum Gasteiger partial charge on any atom is -0.489 e. The van der Waals surface area contributed by atoms with Crippen LogP contribution in [0.1, 0.15) is 51.7 Å². The van der Waals surface area contributed by atoms with Gasteiger partial charge in [-0.1, -0.05) is 56.1 Å². The lowest BCUT2D eigenvalue weighted by molar-refractivity contribution is -0.144. The molecule has 0 aliphatic carbocycles. The first-order chi connectivity index (χ1) is 17.7. The number of likely N-dealkylation sites (tertiary alicyclic amines) is 1. The Morgan fingerprint density at radius 1 is 1.18 bits per heavy atom. The minimum atomic E-state index is -1.23. The molecule has 3 amide bonds. The summed E-state index contributed by atoms with van der Waals surface area (Å²) in [6.45, 7) is 7.79. The average Bonchev–Trinajstić information content (AvgIpc) is 3.14. The molecule has 1 saturated heterocycles. The molecule has 2 unspecified atom stereocenters. The highest BCUT2D eigenvalue weighted by Gasteiger charge is 2.48. The van der Waals surface area contributed by atoms with Gasteiger partial charge in [0.15, 0.2) is 0 Å². The lowest BCUT2D eigenvalue weighted by atomic mass is 9.80. The number of pyridine rings is 1. The van der Waals surface area contributed by atoms with Crippen LogP contribution in [-0.4, -0.2) is 56.7 Å². The molecule has 206 valence electrons. The lowest BCUT2D eigenvalue weighted by Gasteiger charge is -2.36. The van der Waals surface area contributed by atoms with Crippen LogP contribution in [0.15, 0.2) is 36.4 Å². The second-order valence-corrected chi connectivity index (χ2v) is 11.4. The first-order valence-electron chi connectivity index (χ1n) is 12.0. The molecular formula is C26H32Cl2N4O6. The van der Waals surface area contributed by atoms with Crippen molar-refractivity contribution in [3.8, 4) is 5.75 Å². The van der Waals surface area contributed by atoms with Gasteiger partial charge in [-0.3, -0.25) is 14.8 Å². The van der Waals surface area contributed by atoms with E-state index in [-0.39, 0.29) is 35.8 Å². The number of ether oxygens (including phenoxy) is 1. The Hall–Kier alpha value is -3.08. The highest BCUT2D eigenvalue weighted by atomic mass is 35.5. The van der Waals surface area contributed by atoms with Crippen molar-refractivity contribution in [2.75, 3.05) is 6.54 Å². The molecule has 38 heavy (non-hydrogen) atoms. The van der Waals surface area contributed by atoms with Crippen LogP contribution in [0.4, 0.5) is 4.79 Å². The van der Waals surface area contributed by atoms with E-state index in [1.54, 1.807) is 48.8 Å². The maximum atomic E-state index is 13.7. The van der Waals surface area contributed by atoms with Crippen molar-refractivity contribution in [2.24, 2.45) is 5.41 Å². The van der Waals surface area contributed by atoms with Crippen LogP contribution in [-0.2, 0) is 21.6 Å². The third-order valence-electron chi connectivity index (χ3n) is 6.90. The van der Waals surface area contributed by atoms with Crippen LogP contribution in [0.25, 0.3) is 0 Å². The van der Waals surface area contributed by atoms with Crippen molar-refractivity contribution < 1.29 is 29.4 Å². The number of halogens is 2. The number of hydroxylamine groups is 1. The molecule has 1 aliphatic heterocycles. The van der Waals surface area contributed by atoms with E-state index in [9.17, 15) is 24.7 Å². The van der Waals surface area contributed by atoms with Gasteiger partial charge < -0.3 is 20.1 Å². The van der Waals surface area contributed by atoms with Crippen molar-refractivity contribution in [3.63, 3.8) is 0 Å². The van der Waals surface area contributed by atoms with Crippen molar-refractivity contribution in [3.05, 3.63) is 57.8 Å². The molecule has 3 atom stereocenters. The smallest absolute Gasteiger partial charge is 0.404 e. The predicted molar refractivity (Wildman–Crippen MR) is 141 cm³/mol. The summed E-state index contributed by atoms with van der Waals surface area (Å²) in [5.41, 5.74) is 1.67. The van der Waals surface area contributed by atoms with Crippen LogP contribution in [0.2, 0.25) is 10.3 Å². The first kappa shape index (κ1) is 29.5. The molecule has 3 rings (SSSR count). The Bertz CT molecular complexity index is 1170. The number of carbonyl (C=O) groups excluding carboxylic acids is 2. The number of carbonyl (C=O) groups is 3. The SMILES string of the molecule is CC1(c2ccc(OCc3cc(Cl)nc(Cl)c3)cc2)CCN(C(C[C@@H](NC(=O)O)C(C)(C)C)C(=O)NO)C1=O. The number of aromatic nitrogens is 1. The number of hydrogen-bond donors (Lipinski definition) is 4. The van der Waals surface area contributed by atoms with Gasteiger partial charge in [-0.05, 0) is 60.6 Å². The summed E-state index contributed by atoms with van der Waals surface area (Å²) in [7, 11) is 0. The normalized spacial score (nSPS) is 19.1. The van der Waals surface area contributed by atoms with E-state index in [1.807, 2.05) is 20.8 Å². The summed E-state index contributed by atoms with van der Waals surface area (Å²) in [6.07, 6.45) is -0.801. The Morgan fingerprint density at radius 2 is 1.79 bits per heavy atom. The Balaban J connectivity index is 1.76. The summed E-state index contributed by atoms with van der Waals surface area (Å²) in [5, 5.41) is 21.6. The van der Waals surface area contributed by atoms with Gasteiger partial charge in [-0.2, -0.15) is 0 Å². The summed E-state index contributed by atoms with van der Waals surface area (Å²) in [4.78, 5) is 43.0. The molecule has 0 bridgehead atoms. The molecule has 12 heteroatoms. The lowest BCUT2D eigenvalue weighted by Crippen LogP contribution is -2.54. The molecule has 0 radical (unpaired) electrons. The topological polar surface area (TPSA) is 141 Å². The van der Waals surface area contributed by atoms with Crippen molar-refractivity contribution in [1.82, 2.24) is 20.7 Å². The van der Waals surface area contributed by atoms with Gasteiger partial charge in [-0.25, -0.2) is 15.3 Å². The molecule has 10 nitrogen and oxygen atoms in total. The molecule has 2 heterocycles. The van der Waals surface area contributed by atoms with Gasteiger partial charge in [-0.15, -0.1) is 0 Å². The van der Waals surface area contributed by atoms with E-state index in [1.165, 1.54) is 4.90 Å². The molecule has 1 fully saturated rings.